The number of halogens is 2. The lowest BCUT2D eigenvalue weighted by Gasteiger charge is -2.29. The first-order chi connectivity index (χ1) is 15.4. The molecule has 32 heavy (non-hydrogen) atoms. The number of nitrogens with zero attached hydrogens (tertiary/aromatic N) is 1. The van der Waals surface area contributed by atoms with Crippen LogP contribution in [0.5, 0.6) is 0 Å². The quantitative estimate of drug-likeness (QED) is 0.426. The second-order valence-corrected chi connectivity index (χ2v) is 9.07. The van der Waals surface area contributed by atoms with Gasteiger partial charge in [-0.25, -0.2) is 0 Å². The Bertz CT molecular complexity index is 1220. The van der Waals surface area contributed by atoms with Crippen LogP contribution in [0.1, 0.15) is 22.6 Å². The Kier molecular flexibility index (Phi) is 5.16. The summed E-state index contributed by atoms with van der Waals surface area (Å²) in [6.07, 6.45) is 0.404. The molecule has 2 N–H and O–H groups in total. The normalized spacial score (nSPS) is 26.2. The zero-order valence-corrected chi connectivity index (χ0v) is 18.3. The van der Waals surface area contributed by atoms with Gasteiger partial charge in [-0.2, -0.15) is 0 Å². The van der Waals surface area contributed by atoms with Crippen molar-refractivity contribution in [1.82, 2.24) is 5.32 Å². The first-order valence-electron chi connectivity index (χ1n) is 10.2. The van der Waals surface area contributed by atoms with Gasteiger partial charge in [0.25, 0.3) is 0 Å². The number of fused-ring (bicyclic) bond motifs is 2. The minimum atomic E-state index is -1.32. The SMILES string of the molecule is O=C1Nc2cc(Cl)ccc2[C@]12N[C@@H](Cc1ccccc1)[C@@H]([N+](=O)[O-])[C@@H]2c1cccc(Cl)c1. The van der Waals surface area contributed by atoms with Gasteiger partial charge < -0.3 is 5.32 Å². The van der Waals surface area contributed by atoms with Crippen molar-refractivity contribution in [2.45, 2.75) is 30.0 Å². The lowest BCUT2D eigenvalue weighted by atomic mass is 9.74. The number of benzene rings is 3. The predicted molar refractivity (Wildman–Crippen MR) is 124 cm³/mol. The third kappa shape index (κ3) is 3.26. The topological polar surface area (TPSA) is 84.3 Å². The maximum Gasteiger partial charge on any atom is 0.250 e. The molecule has 1 fully saturated rings. The fourth-order valence-electron chi connectivity index (χ4n) is 5.17. The molecule has 3 aromatic carbocycles. The summed E-state index contributed by atoms with van der Waals surface area (Å²) in [5.41, 5.74) is 1.49. The molecule has 0 radical (unpaired) electrons. The lowest BCUT2D eigenvalue weighted by molar-refractivity contribution is -0.526. The van der Waals surface area contributed by atoms with E-state index in [9.17, 15) is 14.9 Å². The molecule has 1 amide bonds. The lowest BCUT2D eigenvalue weighted by Crippen LogP contribution is -2.49. The second kappa shape index (κ2) is 7.89. The van der Waals surface area contributed by atoms with E-state index in [-0.39, 0.29) is 10.8 Å². The van der Waals surface area contributed by atoms with Gasteiger partial charge in [0.1, 0.15) is 5.54 Å². The third-order valence-corrected chi connectivity index (χ3v) is 6.87. The highest BCUT2D eigenvalue weighted by Crippen LogP contribution is 2.53. The fraction of sp³-hybridized carbons (Fsp3) is 0.208. The number of carbonyl (C=O) groups is 1. The molecular formula is C24H19Cl2N3O3. The van der Waals surface area contributed by atoms with Gasteiger partial charge in [0.15, 0.2) is 0 Å². The summed E-state index contributed by atoms with van der Waals surface area (Å²) < 4.78 is 0. The van der Waals surface area contributed by atoms with Crippen molar-refractivity contribution < 1.29 is 9.72 Å². The van der Waals surface area contributed by atoms with Gasteiger partial charge in [-0.3, -0.25) is 20.2 Å². The Morgan fingerprint density at radius 1 is 0.969 bits per heavy atom. The van der Waals surface area contributed by atoms with Gasteiger partial charge in [-0.15, -0.1) is 0 Å². The first-order valence-corrected chi connectivity index (χ1v) is 11.0. The van der Waals surface area contributed by atoms with E-state index in [1.54, 1.807) is 42.5 Å². The number of rotatable bonds is 4. The molecule has 0 aromatic heterocycles. The van der Waals surface area contributed by atoms with Crippen LogP contribution in [0.25, 0.3) is 0 Å². The Morgan fingerprint density at radius 3 is 2.44 bits per heavy atom. The number of nitrogens with one attached hydrogen (secondary N) is 2. The van der Waals surface area contributed by atoms with Crippen LogP contribution in [0.3, 0.4) is 0 Å². The monoisotopic (exact) mass is 467 g/mol. The predicted octanol–water partition coefficient (Wildman–Crippen LogP) is 4.78. The average molecular weight is 468 g/mol. The van der Waals surface area contributed by atoms with Crippen LogP contribution in [-0.4, -0.2) is 22.9 Å². The maximum atomic E-state index is 13.5. The highest BCUT2D eigenvalue weighted by molar-refractivity contribution is 6.31. The van der Waals surface area contributed by atoms with Crippen LogP contribution in [0, 0.1) is 10.1 Å². The van der Waals surface area contributed by atoms with E-state index in [2.05, 4.69) is 10.6 Å². The largest absolute Gasteiger partial charge is 0.324 e. The van der Waals surface area contributed by atoms with Gasteiger partial charge in [-0.1, -0.05) is 71.7 Å². The van der Waals surface area contributed by atoms with Crippen molar-refractivity contribution in [1.29, 1.82) is 0 Å². The molecule has 2 aliphatic rings. The average Bonchev–Trinajstić information content (AvgIpc) is 3.23. The molecule has 6 nitrogen and oxygen atoms in total. The van der Waals surface area contributed by atoms with Crippen LogP contribution in [0.2, 0.25) is 10.0 Å². The number of amides is 1. The summed E-state index contributed by atoms with van der Waals surface area (Å²) >= 11 is 12.4. The summed E-state index contributed by atoms with van der Waals surface area (Å²) in [6.45, 7) is 0. The molecular weight excluding hydrogens is 449 g/mol. The van der Waals surface area contributed by atoms with Crippen molar-refractivity contribution in [2.24, 2.45) is 0 Å². The highest BCUT2D eigenvalue weighted by atomic mass is 35.5. The van der Waals surface area contributed by atoms with E-state index in [1.165, 1.54) is 0 Å². The molecule has 162 valence electrons. The van der Waals surface area contributed by atoms with Gasteiger partial charge in [0, 0.05) is 26.2 Å². The van der Waals surface area contributed by atoms with Gasteiger partial charge in [-0.05, 0) is 41.8 Å². The highest BCUT2D eigenvalue weighted by Gasteiger charge is 2.66. The zero-order valence-electron chi connectivity index (χ0n) is 16.8. The van der Waals surface area contributed by atoms with Gasteiger partial charge >= 0.3 is 0 Å². The van der Waals surface area contributed by atoms with Crippen molar-refractivity contribution in [2.75, 3.05) is 5.32 Å². The molecule has 1 spiro atoms. The van der Waals surface area contributed by atoms with Crippen LogP contribution in [-0.2, 0) is 16.8 Å². The standard InChI is InChI=1S/C24H19Cl2N3O3/c25-16-8-4-7-15(12-16)21-22(29(31)32)20(11-14-5-2-1-3-6-14)28-24(21)18-10-9-17(26)13-19(18)27-23(24)30/h1-10,12-13,20-22,28H,11H2,(H,27,30)/t20-,21-,22+,24+/m0/s1. The van der Waals surface area contributed by atoms with E-state index in [0.29, 0.717) is 33.3 Å². The molecule has 2 heterocycles. The summed E-state index contributed by atoms with van der Waals surface area (Å²) in [5, 5.41) is 19.7. The minimum Gasteiger partial charge on any atom is -0.324 e. The molecule has 5 rings (SSSR count). The van der Waals surface area contributed by atoms with Crippen molar-refractivity contribution >= 4 is 34.8 Å². The fourth-order valence-corrected chi connectivity index (χ4v) is 5.54. The molecule has 1 saturated heterocycles. The number of nitro groups is 1. The summed E-state index contributed by atoms with van der Waals surface area (Å²) in [5.74, 6) is -1.10. The molecule has 0 saturated carbocycles. The molecule has 2 aliphatic heterocycles. The summed E-state index contributed by atoms with van der Waals surface area (Å²) in [6, 6.07) is 20.0. The second-order valence-electron chi connectivity index (χ2n) is 8.20. The van der Waals surface area contributed by atoms with Crippen molar-refractivity contribution in [3.63, 3.8) is 0 Å². The zero-order chi connectivity index (χ0) is 22.5. The number of anilines is 1. The van der Waals surface area contributed by atoms with Gasteiger partial charge in [0.2, 0.25) is 11.9 Å². The van der Waals surface area contributed by atoms with Crippen molar-refractivity contribution in [3.8, 4) is 0 Å². The summed E-state index contributed by atoms with van der Waals surface area (Å²) in [7, 11) is 0. The third-order valence-electron chi connectivity index (χ3n) is 6.40. The number of carbonyl (C=O) groups excluding carboxylic acids is 1. The summed E-state index contributed by atoms with van der Waals surface area (Å²) in [4.78, 5) is 25.7. The number of hydrogen-bond donors (Lipinski definition) is 2. The van der Waals surface area contributed by atoms with Gasteiger partial charge in [0.05, 0.1) is 12.0 Å². The maximum absolute atomic E-state index is 13.5. The molecule has 8 heteroatoms. The van der Waals surface area contributed by atoms with E-state index >= 15 is 0 Å². The van der Waals surface area contributed by atoms with Crippen LogP contribution < -0.4 is 10.6 Å². The Labute approximate surface area is 194 Å². The smallest absolute Gasteiger partial charge is 0.250 e. The molecule has 0 bridgehead atoms. The van der Waals surface area contributed by atoms with E-state index < -0.39 is 23.5 Å². The Hall–Kier alpha value is -2.93. The molecule has 4 atom stereocenters. The molecule has 0 unspecified atom stereocenters. The molecule has 3 aromatic rings. The van der Waals surface area contributed by atoms with E-state index in [1.807, 2.05) is 30.3 Å². The first kappa shape index (κ1) is 20.9. The van der Waals surface area contributed by atoms with Crippen molar-refractivity contribution in [3.05, 3.63) is 110 Å². The molecule has 0 aliphatic carbocycles. The van der Waals surface area contributed by atoms with Crippen LogP contribution >= 0.6 is 23.2 Å². The van der Waals surface area contributed by atoms with E-state index in [4.69, 9.17) is 23.2 Å². The Balaban J connectivity index is 1.71. The van der Waals surface area contributed by atoms with Crippen LogP contribution in [0.15, 0.2) is 72.8 Å². The minimum absolute atomic E-state index is 0.276. The van der Waals surface area contributed by atoms with Crippen LogP contribution in [0.4, 0.5) is 5.69 Å². The Morgan fingerprint density at radius 2 is 1.72 bits per heavy atom. The number of hydrogen-bond acceptors (Lipinski definition) is 4. The van der Waals surface area contributed by atoms with E-state index in [0.717, 1.165) is 5.56 Å².